The maximum Gasteiger partial charge on any atom is 0.244 e. The average molecular weight is 263 g/mol. The van der Waals surface area contributed by atoms with E-state index >= 15 is 0 Å². The summed E-state index contributed by atoms with van der Waals surface area (Å²) in [5.74, 6) is -1.21. The van der Waals surface area contributed by atoms with Crippen molar-refractivity contribution in [2.24, 2.45) is 5.73 Å². The molecule has 8 heteroatoms. The van der Waals surface area contributed by atoms with Gasteiger partial charge < -0.3 is 5.73 Å². The van der Waals surface area contributed by atoms with Gasteiger partial charge in [-0.15, -0.1) is 0 Å². The zero-order chi connectivity index (χ0) is 13.2. The Balaban J connectivity index is 3.05. The number of imide groups is 1. The minimum atomic E-state index is -3.71. The van der Waals surface area contributed by atoms with Crippen LogP contribution in [0.1, 0.15) is 20.3 Å². The Hall–Kier alpha value is -0.990. The molecule has 0 bridgehead atoms. The van der Waals surface area contributed by atoms with Gasteiger partial charge in [0.15, 0.2) is 0 Å². The molecule has 1 aliphatic heterocycles. The van der Waals surface area contributed by atoms with Gasteiger partial charge in [0.1, 0.15) is 6.04 Å². The molecule has 1 fully saturated rings. The second-order valence-corrected chi connectivity index (χ2v) is 6.11. The van der Waals surface area contributed by atoms with Gasteiger partial charge in [0.05, 0.1) is 11.8 Å². The molecule has 0 spiro atoms. The molecule has 0 radical (unpaired) electrons. The Morgan fingerprint density at radius 1 is 1.53 bits per heavy atom. The lowest BCUT2D eigenvalue weighted by atomic mass is 10.2. The van der Waals surface area contributed by atoms with Crippen LogP contribution in [0.15, 0.2) is 0 Å². The van der Waals surface area contributed by atoms with Crippen molar-refractivity contribution in [1.29, 1.82) is 0 Å². The molecule has 2 atom stereocenters. The molecule has 0 aromatic heterocycles. The summed E-state index contributed by atoms with van der Waals surface area (Å²) in [7, 11) is -3.71. The molecule has 1 saturated heterocycles. The van der Waals surface area contributed by atoms with Gasteiger partial charge in [-0.25, -0.2) is 8.42 Å². The smallest absolute Gasteiger partial charge is 0.244 e. The quantitative estimate of drug-likeness (QED) is 0.594. The van der Waals surface area contributed by atoms with Crippen LogP contribution >= 0.6 is 0 Å². The predicted molar refractivity (Wildman–Crippen MR) is 61.4 cm³/mol. The molecule has 1 heterocycles. The number of rotatable bonds is 4. The van der Waals surface area contributed by atoms with Crippen LogP contribution in [0, 0.1) is 0 Å². The summed E-state index contributed by atoms with van der Waals surface area (Å²) in [5.41, 5.74) is 5.40. The molecule has 98 valence electrons. The first-order valence-electron chi connectivity index (χ1n) is 5.39. The summed E-state index contributed by atoms with van der Waals surface area (Å²) < 4.78 is 25.3. The van der Waals surface area contributed by atoms with Crippen LogP contribution in [0.25, 0.3) is 0 Å². The van der Waals surface area contributed by atoms with Crippen molar-refractivity contribution >= 4 is 21.8 Å². The standard InChI is InChI=1S/C9H17N3O4S/c1-3-7(4-10)17(15,16)12-5-8(13)11-9(14)6(12)2/h6-7H,3-5,10H2,1-2H3,(H,11,13,14). The highest BCUT2D eigenvalue weighted by molar-refractivity contribution is 7.89. The maximum absolute atomic E-state index is 12.2. The number of sulfonamides is 1. The van der Waals surface area contributed by atoms with Gasteiger partial charge in [0.2, 0.25) is 21.8 Å². The van der Waals surface area contributed by atoms with Crippen LogP contribution in [-0.2, 0) is 19.6 Å². The van der Waals surface area contributed by atoms with Gasteiger partial charge in [-0.3, -0.25) is 14.9 Å². The van der Waals surface area contributed by atoms with Crippen LogP contribution in [-0.4, -0.2) is 48.9 Å². The summed E-state index contributed by atoms with van der Waals surface area (Å²) in [6, 6.07) is -0.877. The lowest BCUT2D eigenvalue weighted by molar-refractivity contribution is -0.136. The largest absolute Gasteiger partial charge is 0.329 e. The third-order valence-corrected chi connectivity index (χ3v) is 5.31. The average Bonchev–Trinajstić information content (AvgIpc) is 2.24. The maximum atomic E-state index is 12.2. The number of amides is 2. The van der Waals surface area contributed by atoms with E-state index in [0.29, 0.717) is 6.42 Å². The summed E-state index contributed by atoms with van der Waals surface area (Å²) in [5, 5.41) is 1.33. The molecule has 0 aliphatic carbocycles. The summed E-state index contributed by atoms with van der Waals surface area (Å²) in [4.78, 5) is 22.6. The number of nitrogens with zero attached hydrogens (tertiary/aromatic N) is 1. The third kappa shape index (κ3) is 2.64. The molecule has 7 nitrogen and oxygen atoms in total. The molecular formula is C9H17N3O4S. The van der Waals surface area contributed by atoms with E-state index in [1.54, 1.807) is 6.92 Å². The van der Waals surface area contributed by atoms with Crippen molar-refractivity contribution in [3.05, 3.63) is 0 Å². The van der Waals surface area contributed by atoms with Gasteiger partial charge in [0, 0.05) is 6.54 Å². The lowest BCUT2D eigenvalue weighted by Crippen LogP contribution is -2.60. The number of carbonyl (C=O) groups excluding carboxylic acids is 2. The Morgan fingerprint density at radius 3 is 2.59 bits per heavy atom. The molecule has 2 amide bonds. The molecule has 1 aliphatic rings. The molecule has 3 N–H and O–H groups in total. The first-order valence-corrected chi connectivity index (χ1v) is 6.89. The summed E-state index contributed by atoms with van der Waals surface area (Å²) in [6.07, 6.45) is 0.345. The highest BCUT2D eigenvalue weighted by Gasteiger charge is 2.40. The SMILES string of the molecule is CCC(CN)S(=O)(=O)N1CC(=O)NC(=O)C1C. The highest BCUT2D eigenvalue weighted by atomic mass is 32.2. The second kappa shape index (κ2) is 5.11. The summed E-state index contributed by atoms with van der Waals surface area (Å²) in [6.45, 7) is 2.79. The van der Waals surface area contributed by atoms with Crippen LogP contribution in [0.4, 0.5) is 0 Å². The van der Waals surface area contributed by atoms with Gasteiger partial charge in [-0.05, 0) is 13.3 Å². The first-order chi connectivity index (χ1) is 7.84. The Kier molecular flexibility index (Phi) is 4.23. The Morgan fingerprint density at radius 2 is 2.12 bits per heavy atom. The van der Waals surface area contributed by atoms with Crippen LogP contribution in [0.2, 0.25) is 0 Å². The molecule has 2 unspecified atom stereocenters. The fraction of sp³-hybridized carbons (Fsp3) is 0.778. The monoisotopic (exact) mass is 263 g/mol. The molecule has 0 aromatic carbocycles. The van der Waals surface area contributed by atoms with Crippen molar-refractivity contribution in [3.63, 3.8) is 0 Å². The molecule has 0 saturated carbocycles. The van der Waals surface area contributed by atoms with E-state index in [4.69, 9.17) is 5.73 Å². The topological polar surface area (TPSA) is 110 Å². The van der Waals surface area contributed by atoms with Crippen LogP contribution < -0.4 is 11.1 Å². The van der Waals surface area contributed by atoms with Gasteiger partial charge in [-0.2, -0.15) is 4.31 Å². The minimum absolute atomic E-state index is 0.0299. The van der Waals surface area contributed by atoms with E-state index < -0.39 is 33.1 Å². The number of carbonyl (C=O) groups is 2. The van der Waals surface area contributed by atoms with Crippen molar-refractivity contribution in [3.8, 4) is 0 Å². The normalized spacial score (nSPS) is 24.5. The fourth-order valence-electron chi connectivity index (χ4n) is 1.69. The zero-order valence-electron chi connectivity index (χ0n) is 9.84. The van der Waals surface area contributed by atoms with Crippen molar-refractivity contribution in [2.75, 3.05) is 13.1 Å². The number of nitrogens with two attached hydrogens (primary N) is 1. The van der Waals surface area contributed by atoms with E-state index in [1.807, 2.05) is 0 Å². The Bertz CT molecular complexity index is 416. The zero-order valence-corrected chi connectivity index (χ0v) is 10.7. The van der Waals surface area contributed by atoms with Crippen molar-refractivity contribution in [1.82, 2.24) is 9.62 Å². The third-order valence-electron chi connectivity index (χ3n) is 2.84. The van der Waals surface area contributed by atoms with E-state index in [2.05, 4.69) is 5.32 Å². The van der Waals surface area contributed by atoms with Crippen molar-refractivity contribution < 1.29 is 18.0 Å². The molecular weight excluding hydrogens is 246 g/mol. The second-order valence-electron chi connectivity index (χ2n) is 3.94. The Labute approximate surface area is 100 Å². The number of hydrogen-bond acceptors (Lipinski definition) is 5. The predicted octanol–water partition coefficient (Wildman–Crippen LogP) is -1.60. The molecule has 1 rings (SSSR count). The number of nitrogens with one attached hydrogen (secondary N) is 1. The number of piperazine rings is 1. The summed E-state index contributed by atoms with van der Waals surface area (Å²) >= 11 is 0. The van der Waals surface area contributed by atoms with E-state index in [9.17, 15) is 18.0 Å². The highest BCUT2D eigenvalue weighted by Crippen LogP contribution is 2.17. The van der Waals surface area contributed by atoms with E-state index in [1.165, 1.54) is 6.92 Å². The minimum Gasteiger partial charge on any atom is -0.329 e. The van der Waals surface area contributed by atoms with E-state index in [-0.39, 0.29) is 13.1 Å². The first kappa shape index (κ1) is 14.1. The molecule has 0 aromatic rings. The number of hydrogen-bond donors (Lipinski definition) is 2. The van der Waals surface area contributed by atoms with E-state index in [0.717, 1.165) is 4.31 Å². The fourth-order valence-corrected chi connectivity index (χ4v) is 3.57. The van der Waals surface area contributed by atoms with Gasteiger partial charge >= 0.3 is 0 Å². The lowest BCUT2D eigenvalue weighted by Gasteiger charge is -2.33. The van der Waals surface area contributed by atoms with Crippen molar-refractivity contribution in [2.45, 2.75) is 31.6 Å². The molecule has 17 heavy (non-hydrogen) atoms. The van der Waals surface area contributed by atoms with Crippen LogP contribution in [0.5, 0.6) is 0 Å². The van der Waals surface area contributed by atoms with Gasteiger partial charge in [0.25, 0.3) is 0 Å². The van der Waals surface area contributed by atoms with Gasteiger partial charge in [-0.1, -0.05) is 6.92 Å². The van der Waals surface area contributed by atoms with Crippen LogP contribution in [0.3, 0.4) is 0 Å².